The van der Waals surface area contributed by atoms with Gasteiger partial charge in [0.25, 0.3) is 5.91 Å². The average molecular weight is 385 g/mol. The van der Waals surface area contributed by atoms with Crippen molar-refractivity contribution in [2.24, 2.45) is 0 Å². The molecule has 2 aromatic carbocycles. The largest absolute Gasteiger partial charge is 0.494 e. The van der Waals surface area contributed by atoms with Crippen molar-refractivity contribution >= 4 is 11.6 Å². The van der Waals surface area contributed by atoms with Crippen molar-refractivity contribution in [1.82, 2.24) is 10.2 Å². The summed E-state index contributed by atoms with van der Waals surface area (Å²) in [4.78, 5) is 16.9. The van der Waals surface area contributed by atoms with Gasteiger partial charge in [0.2, 0.25) is 0 Å². The Morgan fingerprint density at radius 2 is 1.86 bits per heavy atom. The van der Waals surface area contributed by atoms with E-state index in [2.05, 4.69) is 22.0 Å². The normalized spacial score (nSPS) is 14.7. The number of hydrogen-bond donors (Lipinski definition) is 1. The van der Waals surface area contributed by atoms with Crippen LogP contribution in [0.4, 0.5) is 10.1 Å². The summed E-state index contributed by atoms with van der Waals surface area (Å²) < 4.78 is 18.6. The molecule has 2 aromatic rings. The number of carbonyl (C=O) groups is 1. The molecule has 1 heterocycles. The van der Waals surface area contributed by atoms with Crippen LogP contribution >= 0.6 is 0 Å². The molecule has 0 atom stereocenters. The highest BCUT2D eigenvalue weighted by Gasteiger charge is 2.17. The summed E-state index contributed by atoms with van der Waals surface area (Å²) in [6.07, 6.45) is 0.935. The predicted octanol–water partition coefficient (Wildman–Crippen LogP) is 3.17. The highest BCUT2D eigenvalue weighted by molar-refractivity contribution is 5.94. The molecule has 0 bridgehead atoms. The van der Waals surface area contributed by atoms with Crippen LogP contribution in [0.1, 0.15) is 23.7 Å². The van der Waals surface area contributed by atoms with E-state index in [0.717, 1.165) is 50.6 Å². The SMILES string of the molecule is CCCOc1cccc(C(=O)NCCN2CCN(c3ccc(F)cc3)CC2)c1. The zero-order chi connectivity index (χ0) is 19.8. The van der Waals surface area contributed by atoms with Gasteiger partial charge in [-0.15, -0.1) is 0 Å². The Labute approximate surface area is 166 Å². The van der Waals surface area contributed by atoms with E-state index < -0.39 is 0 Å². The Balaban J connectivity index is 1.40. The number of piperazine rings is 1. The highest BCUT2D eigenvalue weighted by atomic mass is 19.1. The zero-order valence-electron chi connectivity index (χ0n) is 16.4. The molecule has 28 heavy (non-hydrogen) atoms. The van der Waals surface area contributed by atoms with Crippen LogP contribution < -0.4 is 15.0 Å². The molecule has 1 fully saturated rings. The second-order valence-corrected chi connectivity index (χ2v) is 6.94. The van der Waals surface area contributed by atoms with Crippen molar-refractivity contribution in [3.05, 3.63) is 59.9 Å². The molecule has 1 saturated heterocycles. The molecule has 0 unspecified atom stereocenters. The van der Waals surface area contributed by atoms with Crippen LogP contribution in [0.2, 0.25) is 0 Å². The summed E-state index contributed by atoms with van der Waals surface area (Å²) in [5, 5.41) is 2.99. The minimum atomic E-state index is -0.208. The molecule has 150 valence electrons. The van der Waals surface area contributed by atoms with Gasteiger partial charge in [-0.25, -0.2) is 4.39 Å². The molecular weight excluding hydrogens is 357 g/mol. The Kier molecular flexibility index (Phi) is 7.25. The molecule has 0 radical (unpaired) electrons. The smallest absolute Gasteiger partial charge is 0.251 e. The van der Waals surface area contributed by atoms with Crippen LogP contribution in [0.5, 0.6) is 5.75 Å². The quantitative estimate of drug-likeness (QED) is 0.758. The number of ether oxygens (including phenoxy) is 1. The first-order valence-corrected chi connectivity index (χ1v) is 9.89. The third-order valence-electron chi connectivity index (χ3n) is 4.85. The van der Waals surface area contributed by atoms with E-state index in [-0.39, 0.29) is 11.7 Å². The number of rotatable bonds is 8. The number of nitrogens with zero attached hydrogens (tertiary/aromatic N) is 2. The summed E-state index contributed by atoms with van der Waals surface area (Å²) >= 11 is 0. The number of anilines is 1. The lowest BCUT2D eigenvalue weighted by Gasteiger charge is -2.36. The lowest BCUT2D eigenvalue weighted by Crippen LogP contribution is -2.48. The predicted molar refractivity (Wildman–Crippen MR) is 110 cm³/mol. The second kappa shape index (κ2) is 10.1. The molecule has 5 nitrogen and oxygen atoms in total. The van der Waals surface area contributed by atoms with Crippen molar-refractivity contribution in [3.8, 4) is 5.75 Å². The molecule has 3 rings (SSSR count). The zero-order valence-corrected chi connectivity index (χ0v) is 16.4. The van der Waals surface area contributed by atoms with Crippen LogP contribution in [-0.4, -0.2) is 56.7 Å². The van der Waals surface area contributed by atoms with E-state index in [4.69, 9.17) is 4.74 Å². The van der Waals surface area contributed by atoms with Crippen molar-refractivity contribution in [2.75, 3.05) is 50.8 Å². The minimum Gasteiger partial charge on any atom is -0.494 e. The maximum absolute atomic E-state index is 13.1. The number of carbonyl (C=O) groups excluding carboxylic acids is 1. The van der Waals surface area contributed by atoms with Crippen LogP contribution in [0.3, 0.4) is 0 Å². The van der Waals surface area contributed by atoms with Crippen LogP contribution in [-0.2, 0) is 0 Å². The van der Waals surface area contributed by atoms with Gasteiger partial charge in [0, 0.05) is 50.5 Å². The van der Waals surface area contributed by atoms with Crippen molar-refractivity contribution < 1.29 is 13.9 Å². The molecule has 1 aliphatic heterocycles. The number of halogens is 1. The van der Waals surface area contributed by atoms with Gasteiger partial charge in [-0.2, -0.15) is 0 Å². The number of amides is 1. The van der Waals surface area contributed by atoms with Crippen LogP contribution in [0, 0.1) is 5.82 Å². The van der Waals surface area contributed by atoms with E-state index in [9.17, 15) is 9.18 Å². The van der Waals surface area contributed by atoms with Gasteiger partial charge < -0.3 is 15.0 Å². The van der Waals surface area contributed by atoms with E-state index in [1.807, 2.05) is 24.3 Å². The molecule has 1 aliphatic rings. The van der Waals surface area contributed by atoms with Gasteiger partial charge in [0.15, 0.2) is 0 Å². The lowest BCUT2D eigenvalue weighted by molar-refractivity contribution is 0.0947. The Morgan fingerprint density at radius 3 is 2.57 bits per heavy atom. The number of hydrogen-bond acceptors (Lipinski definition) is 4. The fourth-order valence-corrected chi connectivity index (χ4v) is 3.26. The maximum Gasteiger partial charge on any atom is 0.251 e. The van der Waals surface area contributed by atoms with Gasteiger partial charge in [0.1, 0.15) is 11.6 Å². The highest BCUT2D eigenvalue weighted by Crippen LogP contribution is 2.17. The first kappa shape index (κ1) is 20.1. The van der Waals surface area contributed by atoms with Crippen LogP contribution in [0.15, 0.2) is 48.5 Å². The fourth-order valence-electron chi connectivity index (χ4n) is 3.26. The molecule has 0 aromatic heterocycles. The van der Waals surface area contributed by atoms with Crippen molar-refractivity contribution in [3.63, 3.8) is 0 Å². The fraction of sp³-hybridized carbons (Fsp3) is 0.409. The van der Waals surface area contributed by atoms with Gasteiger partial charge in [-0.1, -0.05) is 13.0 Å². The van der Waals surface area contributed by atoms with E-state index in [0.29, 0.717) is 18.7 Å². The minimum absolute atomic E-state index is 0.0769. The first-order chi connectivity index (χ1) is 13.7. The van der Waals surface area contributed by atoms with Gasteiger partial charge in [-0.3, -0.25) is 9.69 Å². The monoisotopic (exact) mass is 385 g/mol. The second-order valence-electron chi connectivity index (χ2n) is 6.94. The molecule has 0 aliphatic carbocycles. The molecule has 0 spiro atoms. The topological polar surface area (TPSA) is 44.8 Å². The van der Waals surface area contributed by atoms with Gasteiger partial charge >= 0.3 is 0 Å². The third-order valence-corrected chi connectivity index (χ3v) is 4.85. The van der Waals surface area contributed by atoms with E-state index in [1.165, 1.54) is 12.1 Å². The molecule has 1 N–H and O–H groups in total. The Bertz CT molecular complexity index is 759. The molecule has 6 heteroatoms. The van der Waals surface area contributed by atoms with E-state index >= 15 is 0 Å². The Morgan fingerprint density at radius 1 is 1.11 bits per heavy atom. The molecule has 0 saturated carbocycles. The summed E-state index contributed by atoms with van der Waals surface area (Å²) in [6, 6.07) is 13.9. The standard InChI is InChI=1S/C22H28FN3O2/c1-2-16-28-21-5-3-4-18(17-21)22(27)24-10-11-25-12-14-26(15-13-25)20-8-6-19(23)7-9-20/h3-9,17H,2,10-16H2,1H3,(H,24,27). The van der Waals surface area contributed by atoms with Crippen molar-refractivity contribution in [1.29, 1.82) is 0 Å². The lowest BCUT2D eigenvalue weighted by atomic mass is 10.2. The average Bonchev–Trinajstić information content (AvgIpc) is 2.73. The van der Waals surface area contributed by atoms with Gasteiger partial charge in [0.05, 0.1) is 6.61 Å². The summed E-state index contributed by atoms with van der Waals surface area (Å²) in [5.74, 6) is 0.443. The van der Waals surface area contributed by atoms with Crippen LogP contribution in [0.25, 0.3) is 0 Å². The van der Waals surface area contributed by atoms with E-state index in [1.54, 1.807) is 12.1 Å². The van der Waals surface area contributed by atoms with Gasteiger partial charge in [-0.05, 0) is 48.9 Å². The summed E-state index contributed by atoms with van der Waals surface area (Å²) in [7, 11) is 0. The maximum atomic E-state index is 13.1. The summed E-state index contributed by atoms with van der Waals surface area (Å²) in [6.45, 7) is 7.77. The number of benzene rings is 2. The van der Waals surface area contributed by atoms with Crippen molar-refractivity contribution in [2.45, 2.75) is 13.3 Å². The third kappa shape index (κ3) is 5.70. The Hall–Kier alpha value is -2.60. The number of nitrogens with one attached hydrogen (secondary N) is 1. The first-order valence-electron chi connectivity index (χ1n) is 9.89. The molecular formula is C22H28FN3O2. The summed E-state index contributed by atoms with van der Waals surface area (Å²) in [5.41, 5.74) is 1.68. The molecule has 1 amide bonds.